The number of nitrogens with zero attached hydrogens (tertiary/aromatic N) is 1. The number of halogens is 1. The summed E-state index contributed by atoms with van der Waals surface area (Å²) in [4.78, 5) is 0. The van der Waals surface area contributed by atoms with E-state index in [-0.39, 0.29) is 17.4 Å². The van der Waals surface area contributed by atoms with Gasteiger partial charge in [-0.1, -0.05) is 31.0 Å². The Morgan fingerprint density at radius 2 is 1.89 bits per heavy atom. The molecule has 0 aromatic heterocycles. The van der Waals surface area contributed by atoms with Crippen LogP contribution in [0.1, 0.15) is 31.2 Å². The van der Waals surface area contributed by atoms with Gasteiger partial charge in [0.1, 0.15) is 5.82 Å². The van der Waals surface area contributed by atoms with Gasteiger partial charge in [-0.15, -0.1) is 0 Å². The standard InChI is InChI=1S/C13H18FNO2S/c1-15(12-7-3-4-8-12)18(16,17)10-11-6-2-5-9-13(11)14/h2,5-6,9,12H,3-4,7-8,10H2,1H3. The summed E-state index contributed by atoms with van der Waals surface area (Å²) in [6.07, 6.45) is 3.97. The van der Waals surface area contributed by atoms with Crippen molar-refractivity contribution in [1.29, 1.82) is 0 Å². The number of rotatable bonds is 4. The molecule has 1 aromatic rings. The molecule has 2 rings (SSSR count). The smallest absolute Gasteiger partial charge is 0.212 e. The SMILES string of the molecule is CN(C1CCCC1)S(=O)(=O)Cc1ccccc1F. The number of hydrogen-bond donors (Lipinski definition) is 0. The molecule has 0 heterocycles. The van der Waals surface area contributed by atoms with Crippen LogP contribution in [-0.2, 0) is 15.8 Å². The Hall–Kier alpha value is -0.940. The molecule has 0 bridgehead atoms. The molecule has 0 atom stereocenters. The van der Waals surface area contributed by atoms with Crippen molar-refractivity contribution in [2.45, 2.75) is 37.5 Å². The minimum Gasteiger partial charge on any atom is -0.212 e. The molecule has 1 saturated carbocycles. The lowest BCUT2D eigenvalue weighted by molar-refractivity contribution is 0.372. The van der Waals surface area contributed by atoms with E-state index in [9.17, 15) is 12.8 Å². The lowest BCUT2D eigenvalue weighted by Gasteiger charge is -2.23. The summed E-state index contributed by atoms with van der Waals surface area (Å²) in [5.74, 6) is -0.715. The highest BCUT2D eigenvalue weighted by Gasteiger charge is 2.29. The summed E-state index contributed by atoms with van der Waals surface area (Å²) in [6, 6.07) is 6.12. The fourth-order valence-electron chi connectivity index (χ4n) is 2.41. The van der Waals surface area contributed by atoms with Gasteiger partial charge in [-0.2, -0.15) is 0 Å². The molecule has 18 heavy (non-hydrogen) atoms. The number of sulfonamides is 1. The van der Waals surface area contributed by atoms with Crippen LogP contribution in [0.25, 0.3) is 0 Å². The predicted molar refractivity (Wildman–Crippen MR) is 69.0 cm³/mol. The van der Waals surface area contributed by atoms with Crippen LogP contribution in [0.15, 0.2) is 24.3 Å². The molecule has 0 aliphatic heterocycles. The van der Waals surface area contributed by atoms with Crippen LogP contribution in [0.2, 0.25) is 0 Å². The summed E-state index contributed by atoms with van der Waals surface area (Å²) in [6.45, 7) is 0. The average molecular weight is 271 g/mol. The molecule has 0 amide bonds. The highest BCUT2D eigenvalue weighted by molar-refractivity contribution is 7.88. The minimum atomic E-state index is -3.43. The second-order valence-electron chi connectivity index (χ2n) is 4.80. The van der Waals surface area contributed by atoms with Gasteiger partial charge in [-0.05, 0) is 18.9 Å². The quantitative estimate of drug-likeness (QED) is 0.844. The van der Waals surface area contributed by atoms with E-state index in [1.807, 2.05) is 0 Å². The van der Waals surface area contributed by atoms with Crippen molar-refractivity contribution < 1.29 is 12.8 Å². The van der Waals surface area contributed by atoms with Gasteiger partial charge in [0.05, 0.1) is 5.75 Å². The molecule has 100 valence electrons. The van der Waals surface area contributed by atoms with Crippen molar-refractivity contribution in [2.24, 2.45) is 0 Å². The highest BCUT2D eigenvalue weighted by atomic mass is 32.2. The molecule has 0 N–H and O–H groups in total. The molecule has 1 aliphatic rings. The zero-order valence-corrected chi connectivity index (χ0v) is 11.3. The average Bonchev–Trinajstić information content (AvgIpc) is 2.84. The van der Waals surface area contributed by atoms with Crippen LogP contribution >= 0.6 is 0 Å². The maximum Gasteiger partial charge on any atom is 0.218 e. The van der Waals surface area contributed by atoms with Gasteiger partial charge in [-0.25, -0.2) is 17.1 Å². The third kappa shape index (κ3) is 2.90. The third-order valence-corrected chi connectivity index (χ3v) is 5.42. The van der Waals surface area contributed by atoms with Gasteiger partial charge in [0.2, 0.25) is 10.0 Å². The van der Waals surface area contributed by atoms with Crippen LogP contribution in [-0.4, -0.2) is 25.8 Å². The highest BCUT2D eigenvalue weighted by Crippen LogP contribution is 2.25. The Morgan fingerprint density at radius 3 is 2.50 bits per heavy atom. The Kier molecular flexibility index (Phi) is 4.02. The second-order valence-corrected chi connectivity index (χ2v) is 6.83. The summed E-state index contributed by atoms with van der Waals surface area (Å²) in [5, 5.41) is 0. The minimum absolute atomic E-state index is 0.0850. The Bertz CT molecular complexity index is 509. The zero-order chi connectivity index (χ0) is 13.2. The Balaban J connectivity index is 2.14. The fourth-order valence-corrected chi connectivity index (χ4v) is 3.90. The normalized spacial score (nSPS) is 17.5. The van der Waals surface area contributed by atoms with Gasteiger partial charge < -0.3 is 0 Å². The van der Waals surface area contributed by atoms with Gasteiger partial charge in [-0.3, -0.25) is 0 Å². The summed E-state index contributed by atoms with van der Waals surface area (Å²) >= 11 is 0. The summed E-state index contributed by atoms with van der Waals surface area (Å²) in [5.41, 5.74) is 0.238. The first-order valence-corrected chi connectivity index (χ1v) is 7.81. The molecule has 3 nitrogen and oxygen atoms in total. The molecule has 0 spiro atoms. The molecule has 0 saturated heterocycles. The first-order valence-electron chi connectivity index (χ1n) is 6.20. The van der Waals surface area contributed by atoms with Gasteiger partial charge in [0, 0.05) is 18.7 Å². The predicted octanol–water partition coefficient (Wildman–Crippen LogP) is 2.53. The van der Waals surface area contributed by atoms with Crippen molar-refractivity contribution in [1.82, 2.24) is 4.31 Å². The van der Waals surface area contributed by atoms with Crippen molar-refractivity contribution in [2.75, 3.05) is 7.05 Å². The topological polar surface area (TPSA) is 37.4 Å². The summed E-state index contributed by atoms with van der Waals surface area (Å²) in [7, 11) is -1.82. The van der Waals surface area contributed by atoms with Gasteiger partial charge in [0.15, 0.2) is 0 Å². The molecule has 0 unspecified atom stereocenters. The Morgan fingerprint density at radius 1 is 1.28 bits per heavy atom. The van der Waals surface area contributed by atoms with Crippen LogP contribution in [0.4, 0.5) is 4.39 Å². The van der Waals surface area contributed by atoms with Crippen LogP contribution in [0, 0.1) is 5.82 Å². The van der Waals surface area contributed by atoms with Crippen LogP contribution in [0.5, 0.6) is 0 Å². The van der Waals surface area contributed by atoms with Crippen molar-refractivity contribution in [3.63, 3.8) is 0 Å². The molecular formula is C13H18FNO2S. The van der Waals surface area contributed by atoms with Crippen LogP contribution < -0.4 is 0 Å². The van der Waals surface area contributed by atoms with Crippen LogP contribution in [0.3, 0.4) is 0 Å². The number of hydrogen-bond acceptors (Lipinski definition) is 2. The molecule has 1 aromatic carbocycles. The zero-order valence-electron chi connectivity index (χ0n) is 10.5. The monoisotopic (exact) mass is 271 g/mol. The van der Waals surface area contributed by atoms with Crippen molar-refractivity contribution in [3.05, 3.63) is 35.6 Å². The maximum atomic E-state index is 13.5. The first kappa shape index (κ1) is 13.5. The van der Waals surface area contributed by atoms with Crippen molar-refractivity contribution in [3.8, 4) is 0 Å². The molecule has 1 aliphatic carbocycles. The van der Waals surface area contributed by atoms with Crippen molar-refractivity contribution >= 4 is 10.0 Å². The van der Waals surface area contributed by atoms with E-state index in [0.29, 0.717) is 0 Å². The van der Waals surface area contributed by atoms with E-state index < -0.39 is 15.8 Å². The third-order valence-electron chi connectivity index (χ3n) is 3.57. The van der Waals surface area contributed by atoms with E-state index >= 15 is 0 Å². The molecular weight excluding hydrogens is 253 g/mol. The fraction of sp³-hybridized carbons (Fsp3) is 0.538. The van der Waals surface area contributed by atoms with E-state index in [1.165, 1.54) is 16.4 Å². The van der Waals surface area contributed by atoms with E-state index in [1.54, 1.807) is 19.2 Å². The molecule has 0 radical (unpaired) electrons. The summed E-state index contributed by atoms with van der Waals surface area (Å²) < 4.78 is 39.3. The first-order chi connectivity index (χ1) is 8.50. The van der Waals surface area contributed by atoms with E-state index in [0.717, 1.165) is 25.7 Å². The van der Waals surface area contributed by atoms with Gasteiger partial charge in [0.25, 0.3) is 0 Å². The maximum absolute atomic E-state index is 13.5. The largest absolute Gasteiger partial charge is 0.218 e. The van der Waals surface area contributed by atoms with Gasteiger partial charge >= 0.3 is 0 Å². The van der Waals surface area contributed by atoms with E-state index in [2.05, 4.69) is 0 Å². The molecule has 1 fully saturated rings. The Labute approximate surface area is 108 Å². The second kappa shape index (κ2) is 5.36. The lowest BCUT2D eigenvalue weighted by Crippen LogP contribution is -2.36. The molecule has 5 heteroatoms. The lowest BCUT2D eigenvalue weighted by atomic mass is 10.2. The number of benzene rings is 1. The van der Waals surface area contributed by atoms with E-state index in [4.69, 9.17) is 0 Å².